The Balaban J connectivity index is 1.84. The summed E-state index contributed by atoms with van der Waals surface area (Å²) in [6.07, 6.45) is -1.72. The summed E-state index contributed by atoms with van der Waals surface area (Å²) in [5.74, 6) is -9.05. The lowest BCUT2D eigenvalue weighted by Gasteiger charge is -2.41. The summed E-state index contributed by atoms with van der Waals surface area (Å²) in [6.45, 7) is 3.03. The maximum absolute atomic E-state index is 14.8. The van der Waals surface area contributed by atoms with Crippen LogP contribution in [-0.2, 0) is 14.3 Å². The first kappa shape index (κ1) is 36.1. The molecule has 2 fully saturated rings. The molecule has 1 saturated carbocycles. The maximum Gasteiger partial charge on any atom is 0.411 e. The molecule has 1 aliphatic heterocycles. The molecule has 1 saturated heterocycles. The largest absolute Gasteiger partial charge is 0.444 e. The number of pyridine rings is 1. The molecule has 0 bridgehead atoms. The monoisotopic (exact) mass is 704 g/mol. The van der Waals surface area contributed by atoms with E-state index in [4.69, 9.17) is 4.74 Å². The van der Waals surface area contributed by atoms with E-state index in [9.17, 15) is 51.4 Å². The maximum atomic E-state index is 14.8. The standard InChI is InChI=1S/C29H33F9N4O4S/c1-27(2,3)46-26(45)41-17-29(32,33)15-22(41)25(44)42(20-6-8-21(9-7-20)47(34,35,36,37)38)23(18-5-4-14-39-16-18)24(43)40-19-10-12-28(30,31)13-11-19/h4-9,14,16,19,22-23H,10-13,15,17H2,1-3H3,(H,40,43)/t22-,23?/m1/s1. The van der Waals surface area contributed by atoms with E-state index in [1.54, 1.807) is 0 Å². The van der Waals surface area contributed by atoms with Gasteiger partial charge in [-0.05, 0) is 63.9 Å². The molecular weight excluding hydrogens is 671 g/mol. The Morgan fingerprint density at radius 1 is 0.979 bits per heavy atom. The van der Waals surface area contributed by atoms with E-state index in [-0.39, 0.29) is 30.5 Å². The molecule has 0 spiro atoms. The number of hydrogen-bond donors (Lipinski definition) is 1. The smallest absolute Gasteiger partial charge is 0.411 e. The number of nitrogens with one attached hydrogen (secondary N) is 1. The normalized spacial score (nSPS) is 22.0. The van der Waals surface area contributed by atoms with Gasteiger partial charge in [-0.1, -0.05) is 25.5 Å². The molecule has 1 aliphatic carbocycles. The molecule has 2 aliphatic rings. The van der Waals surface area contributed by atoms with Crippen molar-refractivity contribution in [2.24, 2.45) is 0 Å². The van der Waals surface area contributed by atoms with Gasteiger partial charge in [-0.15, -0.1) is 0 Å². The minimum absolute atomic E-state index is 0.0204. The predicted molar refractivity (Wildman–Crippen MR) is 154 cm³/mol. The van der Waals surface area contributed by atoms with Crippen molar-refractivity contribution in [2.45, 2.75) is 93.3 Å². The van der Waals surface area contributed by atoms with Crippen molar-refractivity contribution in [3.05, 3.63) is 54.4 Å². The van der Waals surface area contributed by atoms with Crippen LogP contribution in [0.5, 0.6) is 0 Å². The van der Waals surface area contributed by atoms with Gasteiger partial charge in [0.15, 0.2) is 0 Å². The van der Waals surface area contributed by atoms with Crippen LogP contribution in [0, 0.1) is 0 Å². The molecule has 2 aromatic rings. The van der Waals surface area contributed by atoms with Gasteiger partial charge in [0, 0.05) is 48.9 Å². The molecule has 0 radical (unpaired) electrons. The predicted octanol–water partition coefficient (Wildman–Crippen LogP) is 8.15. The van der Waals surface area contributed by atoms with Crippen molar-refractivity contribution >= 4 is 33.8 Å². The number of carbonyl (C=O) groups excluding carboxylic acids is 3. The van der Waals surface area contributed by atoms with Crippen molar-refractivity contribution in [3.63, 3.8) is 0 Å². The summed E-state index contributed by atoms with van der Waals surface area (Å²) in [6, 6.07) is -1.25. The topological polar surface area (TPSA) is 91.8 Å². The third-order valence-electron chi connectivity index (χ3n) is 7.55. The first-order valence-electron chi connectivity index (χ1n) is 14.4. The van der Waals surface area contributed by atoms with Crippen molar-refractivity contribution < 1.29 is 56.1 Å². The van der Waals surface area contributed by atoms with Crippen LogP contribution in [0.3, 0.4) is 0 Å². The van der Waals surface area contributed by atoms with Crippen LogP contribution in [0.2, 0.25) is 0 Å². The fourth-order valence-corrected chi connectivity index (χ4v) is 6.05. The molecule has 18 heteroatoms. The highest BCUT2D eigenvalue weighted by molar-refractivity contribution is 8.45. The van der Waals surface area contributed by atoms with Gasteiger partial charge < -0.3 is 10.1 Å². The highest BCUT2D eigenvalue weighted by Crippen LogP contribution is 3.02. The number of benzene rings is 1. The van der Waals surface area contributed by atoms with E-state index >= 15 is 0 Å². The average Bonchev–Trinajstić information content (AvgIpc) is 3.26. The number of amides is 3. The van der Waals surface area contributed by atoms with Crippen molar-refractivity contribution in [1.82, 2.24) is 15.2 Å². The highest BCUT2D eigenvalue weighted by Gasteiger charge is 2.65. The molecule has 1 unspecified atom stereocenters. The Labute approximate surface area is 264 Å². The number of hydrogen-bond acceptors (Lipinski definition) is 5. The molecule has 8 nitrogen and oxygen atoms in total. The molecule has 1 aromatic carbocycles. The van der Waals surface area contributed by atoms with Gasteiger partial charge in [0.1, 0.15) is 22.6 Å². The first-order chi connectivity index (χ1) is 21.3. The second-order valence-corrected chi connectivity index (χ2v) is 15.1. The molecule has 3 amide bonds. The van der Waals surface area contributed by atoms with Crippen molar-refractivity contribution in [3.8, 4) is 0 Å². The summed E-state index contributed by atoms with van der Waals surface area (Å²) in [7, 11) is -10.2. The van der Waals surface area contributed by atoms with Crippen LogP contribution >= 0.6 is 10.2 Å². The zero-order valence-corrected chi connectivity index (χ0v) is 26.2. The lowest BCUT2D eigenvalue weighted by atomic mass is 9.91. The zero-order chi connectivity index (χ0) is 35.3. The number of alkyl halides is 4. The van der Waals surface area contributed by atoms with Crippen LogP contribution in [0.1, 0.15) is 64.5 Å². The summed E-state index contributed by atoms with van der Waals surface area (Å²) < 4.78 is 130. The second kappa shape index (κ2) is 11.5. The van der Waals surface area contributed by atoms with Gasteiger partial charge in [-0.3, -0.25) is 24.4 Å². The summed E-state index contributed by atoms with van der Waals surface area (Å²) >= 11 is 0. The number of carbonyl (C=O) groups is 3. The molecule has 2 heterocycles. The third-order valence-corrected chi connectivity index (χ3v) is 8.71. The number of rotatable bonds is 7. The quantitative estimate of drug-likeness (QED) is 0.294. The first-order valence-corrected chi connectivity index (χ1v) is 16.3. The Kier molecular flexibility index (Phi) is 8.82. The molecule has 2 atom stereocenters. The summed E-state index contributed by atoms with van der Waals surface area (Å²) in [5.41, 5.74) is -1.89. The fourth-order valence-electron chi connectivity index (χ4n) is 5.40. The van der Waals surface area contributed by atoms with E-state index in [0.29, 0.717) is 21.9 Å². The minimum atomic E-state index is -10.2. The average molecular weight is 705 g/mol. The molecular formula is C29H33F9N4O4S. The van der Waals surface area contributed by atoms with Gasteiger partial charge in [-0.25, -0.2) is 22.4 Å². The molecule has 262 valence electrons. The zero-order valence-electron chi connectivity index (χ0n) is 25.4. The Hall–Kier alpha value is -3.70. The second-order valence-electron chi connectivity index (χ2n) is 12.7. The lowest BCUT2D eigenvalue weighted by Crippen LogP contribution is -2.54. The summed E-state index contributed by atoms with van der Waals surface area (Å²) in [5, 5.41) is 2.54. The van der Waals surface area contributed by atoms with E-state index < -0.39 is 100 Å². The van der Waals surface area contributed by atoms with E-state index in [1.807, 2.05) is 0 Å². The highest BCUT2D eigenvalue weighted by atomic mass is 32.5. The lowest BCUT2D eigenvalue weighted by molar-refractivity contribution is -0.129. The molecule has 47 heavy (non-hydrogen) atoms. The van der Waals surface area contributed by atoms with Gasteiger partial charge in [0.2, 0.25) is 11.8 Å². The molecule has 4 rings (SSSR count). The van der Waals surface area contributed by atoms with Crippen LogP contribution in [0.4, 0.5) is 47.5 Å². The van der Waals surface area contributed by atoms with Gasteiger partial charge >= 0.3 is 16.3 Å². The third kappa shape index (κ3) is 9.01. The van der Waals surface area contributed by atoms with E-state index in [0.717, 1.165) is 6.20 Å². The van der Waals surface area contributed by atoms with Crippen molar-refractivity contribution in [2.75, 3.05) is 11.4 Å². The number of nitrogens with zero attached hydrogens (tertiary/aromatic N) is 3. The number of aromatic nitrogens is 1. The fraction of sp³-hybridized carbons (Fsp3) is 0.517. The Morgan fingerprint density at radius 3 is 2.09 bits per heavy atom. The van der Waals surface area contributed by atoms with Crippen LogP contribution in [0.25, 0.3) is 0 Å². The van der Waals surface area contributed by atoms with Crippen LogP contribution in [0.15, 0.2) is 53.7 Å². The van der Waals surface area contributed by atoms with Gasteiger partial charge in [0.05, 0.1) is 6.54 Å². The minimum Gasteiger partial charge on any atom is -0.444 e. The molecule has 1 N–H and O–H groups in total. The van der Waals surface area contributed by atoms with Gasteiger partial charge in [0.25, 0.3) is 11.8 Å². The summed E-state index contributed by atoms with van der Waals surface area (Å²) in [4.78, 5) is 43.7. The number of anilines is 1. The van der Waals surface area contributed by atoms with Gasteiger partial charge in [-0.2, -0.15) is 0 Å². The van der Waals surface area contributed by atoms with Crippen molar-refractivity contribution in [1.29, 1.82) is 0 Å². The molecule has 1 aromatic heterocycles. The van der Waals surface area contributed by atoms with E-state index in [2.05, 4.69) is 10.3 Å². The SMILES string of the molecule is CC(C)(C)OC(=O)N1CC(F)(F)C[C@@H]1C(=O)N(c1ccc(S(F)(F)(F)(F)F)cc1)C(C(=O)NC1CCC(F)(F)CC1)c1cccnc1. The number of likely N-dealkylation sites (tertiary alicyclic amines) is 1. The van der Waals surface area contributed by atoms with E-state index in [1.165, 1.54) is 39.1 Å². The Morgan fingerprint density at radius 2 is 1.57 bits per heavy atom. The Bertz CT molecular complexity index is 1500. The van der Waals surface area contributed by atoms with Crippen LogP contribution < -0.4 is 10.2 Å². The van der Waals surface area contributed by atoms with Crippen LogP contribution in [-0.4, -0.2) is 63.9 Å². The number of halogens is 9. The number of ether oxygens (including phenoxy) is 1.